The highest BCUT2D eigenvalue weighted by Crippen LogP contribution is 2.58. The van der Waals surface area contributed by atoms with Crippen LogP contribution in [0.25, 0.3) is 0 Å². The molecule has 2 N–H and O–H groups in total. The Morgan fingerprint density at radius 2 is 2.04 bits per heavy atom. The number of esters is 2. The second-order valence-corrected chi connectivity index (χ2v) is 8.50. The predicted octanol–water partition coefficient (Wildman–Crippen LogP) is 1.89. The Balaban J connectivity index is 1.98. The number of rotatable bonds is 2. The van der Waals surface area contributed by atoms with Gasteiger partial charge in [0.2, 0.25) is 5.60 Å². The quantitative estimate of drug-likeness (QED) is 0.442. The third-order valence-corrected chi connectivity index (χ3v) is 6.77. The summed E-state index contributed by atoms with van der Waals surface area (Å²) >= 11 is 0. The minimum Gasteiger partial charge on any atom is -0.458 e. The Bertz CT molecular complexity index is 692. The molecule has 0 aromatic heterocycles. The number of fused-ring (bicyclic) bond motifs is 3. The van der Waals surface area contributed by atoms with Gasteiger partial charge in [-0.25, -0.2) is 9.59 Å². The zero-order valence-electron chi connectivity index (χ0n) is 16.0. The van der Waals surface area contributed by atoms with E-state index in [1.165, 1.54) is 0 Å². The number of hydrogen-bond acceptors (Lipinski definition) is 6. The highest BCUT2D eigenvalue weighted by atomic mass is 16.6. The molecule has 2 aliphatic carbocycles. The zero-order chi connectivity index (χ0) is 19.5. The van der Waals surface area contributed by atoms with Gasteiger partial charge in [0.15, 0.2) is 0 Å². The predicted molar refractivity (Wildman–Crippen MR) is 93.9 cm³/mol. The molecule has 144 valence electrons. The molecule has 0 amide bonds. The molecule has 3 aliphatic rings. The van der Waals surface area contributed by atoms with Gasteiger partial charge in [0.1, 0.15) is 6.10 Å². The summed E-state index contributed by atoms with van der Waals surface area (Å²) in [7, 11) is 0. The van der Waals surface area contributed by atoms with Crippen LogP contribution in [-0.4, -0.2) is 45.6 Å². The third kappa shape index (κ3) is 2.54. The maximum absolute atomic E-state index is 12.7. The fourth-order valence-corrected chi connectivity index (χ4v) is 4.97. The highest BCUT2D eigenvalue weighted by Gasteiger charge is 2.68. The zero-order valence-corrected chi connectivity index (χ0v) is 16.0. The van der Waals surface area contributed by atoms with Crippen molar-refractivity contribution in [2.75, 3.05) is 0 Å². The average Bonchev–Trinajstić information content (AvgIpc) is 2.80. The van der Waals surface area contributed by atoms with Crippen LogP contribution in [0.2, 0.25) is 0 Å². The summed E-state index contributed by atoms with van der Waals surface area (Å²) in [5, 5.41) is 21.5. The van der Waals surface area contributed by atoms with Crippen LogP contribution >= 0.6 is 0 Å². The maximum Gasteiger partial charge on any atom is 0.351 e. The third-order valence-electron chi connectivity index (χ3n) is 6.77. The van der Waals surface area contributed by atoms with Crippen molar-refractivity contribution < 1.29 is 29.3 Å². The lowest BCUT2D eigenvalue weighted by Gasteiger charge is -2.55. The van der Waals surface area contributed by atoms with E-state index in [1.807, 2.05) is 6.92 Å². The number of aliphatic hydroxyl groups excluding tert-OH is 1. The van der Waals surface area contributed by atoms with Gasteiger partial charge in [-0.1, -0.05) is 25.2 Å². The molecule has 0 unspecified atom stereocenters. The van der Waals surface area contributed by atoms with Crippen molar-refractivity contribution in [1.82, 2.24) is 0 Å². The Kier molecular flexibility index (Phi) is 4.36. The van der Waals surface area contributed by atoms with Crippen LogP contribution in [0, 0.1) is 17.3 Å². The van der Waals surface area contributed by atoms with E-state index in [0.29, 0.717) is 18.4 Å². The summed E-state index contributed by atoms with van der Waals surface area (Å²) in [5.41, 5.74) is -2.82. The number of ether oxygens (including phenoxy) is 2. The van der Waals surface area contributed by atoms with Gasteiger partial charge in [-0.2, -0.15) is 0 Å². The molecular formula is C20H28O6. The minimum atomic E-state index is -1.39. The Morgan fingerprint density at radius 3 is 2.65 bits per heavy atom. The Morgan fingerprint density at radius 1 is 1.38 bits per heavy atom. The molecule has 26 heavy (non-hydrogen) atoms. The summed E-state index contributed by atoms with van der Waals surface area (Å²) in [5.74, 6) is -1.99. The summed E-state index contributed by atoms with van der Waals surface area (Å²) in [6, 6.07) is 0. The van der Waals surface area contributed by atoms with E-state index >= 15 is 0 Å². The Labute approximate surface area is 153 Å². The molecule has 1 heterocycles. The van der Waals surface area contributed by atoms with Crippen LogP contribution in [0.3, 0.4) is 0 Å². The molecule has 3 rings (SSSR count). The molecule has 1 saturated carbocycles. The lowest BCUT2D eigenvalue weighted by atomic mass is 9.52. The minimum absolute atomic E-state index is 0.369. The number of aliphatic hydroxyl groups is 2. The normalized spacial score (nSPS) is 47.8. The monoisotopic (exact) mass is 364 g/mol. The molecule has 2 fully saturated rings. The summed E-state index contributed by atoms with van der Waals surface area (Å²) in [6.07, 6.45) is 4.62. The number of carbonyl (C=O) groups excluding carboxylic acids is 2. The SMILES string of the molecule is C/C=C(/C)C(=O)O[C@]1(C)C(=O)O[C@@H]2[C@H]1CC[C@]1(C)[C@@H](O)C=C[C@](C)(O)[C@@H]21. The second-order valence-electron chi connectivity index (χ2n) is 8.50. The van der Waals surface area contributed by atoms with Crippen molar-refractivity contribution in [3.63, 3.8) is 0 Å². The lowest BCUT2D eigenvalue weighted by molar-refractivity contribution is -0.175. The molecule has 1 aliphatic heterocycles. The van der Waals surface area contributed by atoms with Gasteiger partial charge in [0.25, 0.3) is 0 Å². The standard InChI is InChI=1S/C20H28O6/c1-6-11(2)16(22)26-20(5)12-7-9-18(3)13(21)8-10-19(4,24)15(18)14(12)25-17(20)23/h6,8,10,12-15,21,24H,7,9H2,1-5H3/b11-6-/t12-,13+,14-,15+,18-,19+,20+/m1/s1. The molecule has 0 aromatic rings. The first-order valence-corrected chi connectivity index (χ1v) is 9.14. The molecular weight excluding hydrogens is 336 g/mol. The number of carbonyl (C=O) groups is 2. The first-order chi connectivity index (χ1) is 12.0. The van der Waals surface area contributed by atoms with Gasteiger partial charge in [-0.15, -0.1) is 0 Å². The van der Waals surface area contributed by atoms with Gasteiger partial charge in [0.05, 0.1) is 11.7 Å². The van der Waals surface area contributed by atoms with Crippen molar-refractivity contribution in [3.8, 4) is 0 Å². The molecule has 7 atom stereocenters. The van der Waals surface area contributed by atoms with Crippen LogP contribution in [0.5, 0.6) is 0 Å². The van der Waals surface area contributed by atoms with Crippen molar-refractivity contribution in [2.24, 2.45) is 17.3 Å². The van der Waals surface area contributed by atoms with Crippen molar-refractivity contribution in [3.05, 3.63) is 23.8 Å². The molecule has 1 saturated heterocycles. The van der Waals surface area contributed by atoms with E-state index in [-0.39, 0.29) is 5.92 Å². The van der Waals surface area contributed by atoms with E-state index in [4.69, 9.17) is 9.47 Å². The van der Waals surface area contributed by atoms with Crippen LogP contribution in [0.4, 0.5) is 0 Å². The van der Waals surface area contributed by atoms with Gasteiger partial charge in [0, 0.05) is 22.8 Å². The van der Waals surface area contributed by atoms with E-state index in [2.05, 4.69) is 0 Å². The van der Waals surface area contributed by atoms with Crippen LogP contribution < -0.4 is 0 Å². The van der Waals surface area contributed by atoms with E-state index in [0.717, 1.165) is 0 Å². The smallest absolute Gasteiger partial charge is 0.351 e. The summed E-state index contributed by atoms with van der Waals surface area (Å²) in [6.45, 7) is 8.53. The second kappa shape index (κ2) is 5.92. The van der Waals surface area contributed by atoms with Gasteiger partial charge < -0.3 is 19.7 Å². The maximum atomic E-state index is 12.7. The molecule has 0 spiro atoms. The van der Waals surface area contributed by atoms with E-state index in [9.17, 15) is 19.8 Å². The van der Waals surface area contributed by atoms with Crippen LogP contribution in [0.1, 0.15) is 47.5 Å². The largest absolute Gasteiger partial charge is 0.458 e. The first-order valence-electron chi connectivity index (χ1n) is 9.14. The van der Waals surface area contributed by atoms with Crippen LogP contribution in [-0.2, 0) is 19.1 Å². The number of allylic oxidation sites excluding steroid dienone is 1. The van der Waals surface area contributed by atoms with Crippen molar-refractivity contribution in [2.45, 2.75) is 70.9 Å². The lowest BCUT2D eigenvalue weighted by Crippen LogP contribution is -2.61. The molecule has 6 nitrogen and oxygen atoms in total. The fourth-order valence-electron chi connectivity index (χ4n) is 4.97. The summed E-state index contributed by atoms with van der Waals surface area (Å²) < 4.78 is 11.3. The van der Waals surface area contributed by atoms with E-state index < -0.39 is 46.7 Å². The highest BCUT2D eigenvalue weighted by molar-refractivity contribution is 5.92. The molecule has 0 aromatic carbocycles. The molecule has 0 radical (unpaired) electrons. The molecule has 0 bridgehead atoms. The van der Waals surface area contributed by atoms with Gasteiger partial charge in [-0.3, -0.25) is 0 Å². The van der Waals surface area contributed by atoms with Gasteiger partial charge in [-0.05, 0) is 40.5 Å². The Hall–Kier alpha value is -1.66. The first kappa shape index (κ1) is 19.1. The average molecular weight is 364 g/mol. The topological polar surface area (TPSA) is 93.1 Å². The fraction of sp³-hybridized carbons (Fsp3) is 0.700. The van der Waals surface area contributed by atoms with E-state index in [1.54, 1.807) is 45.9 Å². The van der Waals surface area contributed by atoms with Crippen LogP contribution in [0.15, 0.2) is 23.8 Å². The number of hydrogen-bond donors (Lipinski definition) is 2. The van der Waals surface area contributed by atoms with Crippen molar-refractivity contribution >= 4 is 11.9 Å². The van der Waals surface area contributed by atoms with Crippen molar-refractivity contribution in [1.29, 1.82) is 0 Å². The van der Waals surface area contributed by atoms with Gasteiger partial charge >= 0.3 is 11.9 Å². The molecule has 6 heteroatoms. The summed E-state index contributed by atoms with van der Waals surface area (Å²) in [4.78, 5) is 25.0.